The zero-order chi connectivity index (χ0) is 7.82. The molecule has 0 amide bonds. The van der Waals surface area contributed by atoms with E-state index in [-0.39, 0.29) is 0 Å². The molecular weight excluding hydrogens is 120 g/mol. The van der Waals surface area contributed by atoms with Crippen LogP contribution in [0.15, 0.2) is 36.0 Å². The van der Waals surface area contributed by atoms with Crippen LogP contribution in [0.1, 0.15) is 27.2 Å². The Labute approximate surface area is 64.0 Å². The Balaban J connectivity index is 0.000000162. The fourth-order valence-corrected chi connectivity index (χ4v) is 0.393. The molecule has 0 heteroatoms. The molecular formula is C10H16. The van der Waals surface area contributed by atoms with Crippen molar-refractivity contribution in [3.05, 3.63) is 36.0 Å². The van der Waals surface area contributed by atoms with Gasteiger partial charge in [-0.1, -0.05) is 36.0 Å². The molecule has 0 saturated carbocycles. The molecule has 0 aliphatic heterocycles. The SMILES string of the molecule is C1=CCC=C1.CC=C(C)C. The smallest absolute Gasteiger partial charge is 0.0163 e. The topological polar surface area (TPSA) is 0 Å². The summed E-state index contributed by atoms with van der Waals surface area (Å²) >= 11 is 0. The molecule has 1 aliphatic carbocycles. The summed E-state index contributed by atoms with van der Waals surface area (Å²) in [6, 6.07) is 0. The van der Waals surface area contributed by atoms with Crippen LogP contribution in [-0.4, -0.2) is 0 Å². The second-order valence-electron chi connectivity index (χ2n) is 2.46. The summed E-state index contributed by atoms with van der Waals surface area (Å²) < 4.78 is 0. The molecule has 0 atom stereocenters. The van der Waals surface area contributed by atoms with Crippen LogP contribution < -0.4 is 0 Å². The summed E-state index contributed by atoms with van der Waals surface area (Å²) in [6.07, 6.45) is 11.6. The van der Waals surface area contributed by atoms with Gasteiger partial charge in [0.05, 0.1) is 0 Å². The molecule has 0 nitrogen and oxygen atoms in total. The van der Waals surface area contributed by atoms with Gasteiger partial charge in [0, 0.05) is 0 Å². The van der Waals surface area contributed by atoms with Crippen molar-refractivity contribution in [2.24, 2.45) is 0 Å². The number of rotatable bonds is 0. The zero-order valence-corrected chi connectivity index (χ0v) is 7.09. The van der Waals surface area contributed by atoms with E-state index >= 15 is 0 Å². The maximum absolute atomic E-state index is 2.12. The van der Waals surface area contributed by atoms with Gasteiger partial charge in [-0.05, 0) is 27.2 Å². The molecule has 0 saturated heterocycles. The normalized spacial score (nSPS) is 12.3. The highest BCUT2D eigenvalue weighted by atomic mass is 13.8. The average Bonchev–Trinajstić information content (AvgIpc) is 2.43. The third-order valence-electron chi connectivity index (χ3n) is 1.23. The minimum absolute atomic E-state index is 1.14. The highest BCUT2D eigenvalue weighted by Gasteiger charge is 1.72. The van der Waals surface area contributed by atoms with Crippen molar-refractivity contribution >= 4 is 0 Å². The van der Waals surface area contributed by atoms with Gasteiger partial charge < -0.3 is 0 Å². The first kappa shape index (κ1) is 9.22. The Kier molecular flexibility index (Phi) is 5.85. The van der Waals surface area contributed by atoms with Gasteiger partial charge in [-0.25, -0.2) is 0 Å². The molecule has 0 aromatic carbocycles. The third-order valence-corrected chi connectivity index (χ3v) is 1.23. The molecule has 0 aromatic heterocycles. The minimum atomic E-state index is 1.14. The van der Waals surface area contributed by atoms with E-state index in [9.17, 15) is 0 Å². The van der Waals surface area contributed by atoms with Crippen molar-refractivity contribution in [1.29, 1.82) is 0 Å². The second-order valence-corrected chi connectivity index (χ2v) is 2.46. The summed E-state index contributed by atoms with van der Waals surface area (Å²) in [5.41, 5.74) is 1.38. The molecule has 1 aliphatic rings. The van der Waals surface area contributed by atoms with E-state index in [0.29, 0.717) is 0 Å². The first-order valence-electron chi connectivity index (χ1n) is 3.68. The summed E-state index contributed by atoms with van der Waals surface area (Å²) in [6.45, 7) is 6.20. The Morgan fingerprint density at radius 3 is 1.70 bits per heavy atom. The average molecular weight is 136 g/mol. The first-order chi connectivity index (χ1) is 4.77. The van der Waals surface area contributed by atoms with E-state index in [1.807, 2.05) is 6.92 Å². The van der Waals surface area contributed by atoms with E-state index in [4.69, 9.17) is 0 Å². The largest absolute Gasteiger partial charge is 0.0890 e. The Hall–Kier alpha value is -0.780. The number of allylic oxidation sites excluding steroid dienone is 6. The van der Waals surface area contributed by atoms with E-state index in [1.165, 1.54) is 5.57 Å². The highest BCUT2D eigenvalue weighted by molar-refractivity contribution is 5.11. The first-order valence-corrected chi connectivity index (χ1v) is 3.68. The van der Waals surface area contributed by atoms with Gasteiger partial charge in [-0.2, -0.15) is 0 Å². The van der Waals surface area contributed by atoms with Crippen LogP contribution in [0.3, 0.4) is 0 Å². The quantitative estimate of drug-likeness (QED) is 0.447. The predicted molar refractivity (Wildman–Crippen MR) is 48.0 cm³/mol. The molecule has 0 radical (unpaired) electrons. The lowest BCUT2D eigenvalue weighted by atomic mass is 10.3. The Morgan fingerprint density at radius 2 is 1.60 bits per heavy atom. The van der Waals surface area contributed by atoms with Crippen molar-refractivity contribution in [2.75, 3.05) is 0 Å². The van der Waals surface area contributed by atoms with Crippen LogP contribution in [0.2, 0.25) is 0 Å². The zero-order valence-electron chi connectivity index (χ0n) is 7.09. The van der Waals surface area contributed by atoms with Crippen LogP contribution in [-0.2, 0) is 0 Å². The van der Waals surface area contributed by atoms with Gasteiger partial charge in [-0.3, -0.25) is 0 Å². The number of hydrogen-bond acceptors (Lipinski definition) is 0. The van der Waals surface area contributed by atoms with Gasteiger partial charge in [0.25, 0.3) is 0 Å². The standard InChI is InChI=1S/C5H6.C5H10/c1-2-4-5-3-1;1-4-5(2)3/h1-4H,5H2;4H,1-3H3. The van der Waals surface area contributed by atoms with Gasteiger partial charge in [0.15, 0.2) is 0 Å². The maximum Gasteiger partial charge on any atom is -0.0163 e. The Morgan fingerprint density at radius 1 is 1.20 bits per heavy atom. The second kappa shape index (κ2) is 6.34. The van der Waals surface area contributed by atoms with E-state index in [0.717, 1.165) is 6.42 Å². The molecule has 0 aromatic rings. The molecule has 0 heterocycles. The molecule has 1 rings (SSSR count). The summed E-state index contributed by atoms with van der Waals surface area (Å²) in [7, 11) is 0. The van der Waals surface area contributed by atoms with Gasteiger partial charge in [0.2, 0.25) is 0 Å². The molecule has 0 bridgehead atoms. The minimum Gasteiger partial charge on any atom is -0.0890 e. The maximum atomic E-state index is 2.12. The van der Waals surface area contributed by atoms with Crippen molar-refractivity contribution in [2.45, 2.75) is 27.2 Å². The monoisotopic (exact) mass is 136 g/mol. The summed E-state index contributed by atoms with van der Waals surface area (Å²) in [4.78, 5) is 0. The lowest BCUT2D eigenvalue weighted by Gasteiger charge is -1.74. The van der Waals surface area contributed by atoms with Crippen molar-refractivity contribution in [3.8, 4) is 0 Å². The van der Waals surface area contributed by atoms with E-state index in [1.54, 1.807) is 0 Å². The molecule has 0 unspecified atom stereocenters. The van der Waals surface area contributed by atoms with Crippen molar-refractivity contribution in [1.82, 2.24) is 0 Å². The summed E-state index contributed by atoms with van der Waals surface area (Å²) in [5.74, 6) is 0. The molecule has 0 fully saturated rings. The molecule has 10 heavy (non-hydrogen) atoms. The van der Waals surface area contributed by atoms with Crippen LogP contribution in [0.25, 0.3) is 0 Å². The third kappa shape index (κ3) is 7.22. The van der Waals surface area contributed by atoms with E-state index in [2.05, 4.69) is 44.2 Å². The Bertz CT molecular complexity index is 133. The predicted octanol–water partition coefficient (Wildman–Crippen LogP) is 3.48. The lowest BCUT2D eigenvalue weighted by Crippen LogP contribution is -1.52. The van der Waals surface area contributed by atoms with Gasteiger partial charge >= 0.3 is 0 Å². The van der Waals surface area contributed by atoms with Crippen LogP contribution in [0.5, 0.6) is 0 Å². The van der Waals surface area contributed by atoms with Crippen molar-refractivity contribution in [3.63, 3.8) is 0 Å². The highest BCUT2D eigenvalue weighted by Crippen LogP contribution is 1.93. The van der Waals surface area contributed by atoms with Crippen LogP contribution in [0, 0.1) is 0 Å². The molecule has 56 valence electrons. The summed E-state index contributed by atoms with van der Waals surface area (Å²) in [5, 5.41) is 0. The fourth-order valence-electron chi connectivity index (χ4n) is 0.393. The van der Waals surface area contributed by atoms with Crippen molar-refractivity contribution < 1.29 is 0 Å². The molecule has 0 spiro atoms. The fraction of sp³-hybridized carbons (Fsp3) is 0.400. The molecule has 0 N–H and O–H groups in total. The van der Waals surface area contributed by atoms with E-state index < -0.39 is 0 Å². The lowest BCUT2D eigenvalue weighted by molar-refractivity contribution is 1.36. The van der Waals surface area contributed by atoms with Crippen LogP contribution >= 0.6 is 0 Å². The van der Waals surface area contributed by atoms with Gasteiger partial charge in [-0.15, -0.1) is 0 Å². The van der Waals surface area contributed by atoms with Crippen LogP contribution in [0.4, 0.5) is 0 Å². The number of hydrogen-bond donors (Lipinski definition) is 0. The van der Waals surface area contributed by atoms with Gasteiger partial charge in [0.1, 0.15) is 0 Å².